The minimum absolute atomic E-state index is 0.326. The summed E-state index contributed by atoms with van der Waals surface area (Å²) in [5, 5.41) is 1.39. The van der Waals surface area contributed by atoms with Crippen molar-refractivity contribution in [3.05, 3.63) is 65.2 Å². The summed E-state index contributed by atoms with van der Waals surface area (Å²) in [6.45, 7) is 10.7. The molecule has 0 fully saturated rings. The zero-order valence-electron chi connectivity index (χ0n) is 13.8. The van der Waals surface area contributed by atoms with Crippen LogP contribution in [0.3, 0.4) is 0 Å². The van der Waals surface area contributed by atoms with Gasteiger partial charge in [0.15, 0.2) is 0 Å². The van der Waals surface area contributed by atoms with Gasteiger partial charge in [-0.1, -0.05) is 49.1 Å². The van der Waals surface area contributed by atoms with Crippen LogP contribution in [0.25, 0.3) is 11.1 Å². The molecular weight excluding hydrogens is 294 g/mol. The van der Waals surface area contributed by atoms with Crippen LogP contribution in [-0.4, -0.2) is 8.07 Å². The van der Waals surface area contributed by atoms with Crippen LogP contribution in [0.15, 0.2) is 42.5 Å². The van der Waals surface area contributed by atoms with E-state index < -0.39 is 19.7 Å². The van der Waals surface area contributed by atoms with Crippen molar-refractivity contribution in [2.24, 2.45) is 0 Å². The standard InChI is InChI=1S/C19H22F2Si/c1-13(14(2)18-12-16(20)8-11-19(18)21)15-6-9-17(10-7-15)22(3,4)5/h6-12H,1-5H3. The van der Waals surface area contributed by atoms with Crippen LogP contribution in [0, 0.1) is 11.6 Å². The van der Waals surface area contributed by atoms with E-state index in [1.165, 1.54) is 17.3 Å². The van der Waals surface area contributed by atoms with Crippen molar-refractivity contribution in [2.45, 2.75) is 33.5 Å². The normalized spacial score (nSPS) is 13.0. The zero-order valence-corrected chi connectivity index (χ0v) is 14.8. The Morgan fingerprint density at radius 2 is 1.41 bits per heavy atom. The fourth-order valence-corrected chi connectivity index (χ4v) is 3.59. The van der Waals surface area contributed by atoms with Gasteiger partial charge >= 0.3 is 0 Å². The predicted molar refractivity (Wildman–Crippen MR) is 93.9 cm³/mol. The van der Waals surface area contributed by atoms with Crippen LogP contribution in [0.5, 0.6) is 0 Å². The summed E-state index contributed by atoms with van der Waals surface area (Å²) in [6.07, 6.45) is 0. The van der Waals surface area contributed by atoms with Crippen molar-refractivity contribution in [3.8, 4) is 0 Å². The van der Waals surface area contributed by atoms with Crippen molar-refractivity contribution < 1.29 is 8.78 Å². The van der Waals surface area contributed by atoms with Crippen molar-refractivity contribution in [1.29, 1.82) is 0 Å². The molecule has 0 heterocycles. The summed E-state index contributed by atoms with van der Waals surface area (Å²) < 4.78 is 27.3. The Morgan fingerprint density at radius 1 is 0.818 bits per heavy atom. The van der Waals surface area contributed by atoms with Crippen molar-refractivity contribution in [3.63, 3.8) is 0 Å². The van der Waals surface area contributed by atoms with Gasteiger partial charge < -0.3 is 0 Å². The summed E-state index contributed by atoms with van der Waals surface area (Å²) in [6, 6.07) is 12.0. The molecule has 0 spiro atoms. The third kappa shape index (κ3) is 3.53. The Balaban J connectivity index is 2.45. The number of halogens is 2. The maximum absolute atomic E-state index is 13.9. The van der Waals surface area contributed by atoms with Gasteiger partial charge in [0.1, 0.15) is 11.6 Å². The quantitative estimate of drug-likeness (QED) is 0.521. The number of allylic oxidation sites excluding steroid dienone is 2. The average molecular weight is 316 g/mol. The second kappa shape index (κ2) is 6.17. The number of hydrogen-bond donors (Lipinski definition) is 0. The molecule has 0 aromatic heterocycles. The summed E-state index contributed by atoms with van der Waals surface area (Å²) in [5.41, 5.74) is 3.10. The fourth-order valence-electron chi connectivity index (χ4n) is 2.42. The highest BCUT2D eigenvalue weighted by molar-refractivity contribution is 6.88. The third-order valence-electron chi connectivity index (χ3n) is 4.08. The molecule has 0 aliphatic rings. The van der Waals surface area contributed by atoms with Gasteiger partial charge in [0.05, 0.1) is 8.07 Å². The van der Waals surface area contributed by atoms with Crippen molar-refractivity contribution >= 4 is 24.4 Å². The zero-order chi connectivity index (χ0) is 16.5. The first-order chi connectivity index (χ1) is 10.2. The van der Waals surface area contributed by atoms with Crippen LogP contribution in [0.1, 0.15) is 25.0 Å². The van der Waals surface area contributed by atoms with Crippen LogP contribution in [0.2, 0.25) is 19.6 Å². The van der Waals surface area contributed by atoms with Gasteiger partial charge in [0.2, 0.25) is 0 Å². The van der Waals surface area contributed by atoms with Gasteiger partial charge in [-0.15, -0.1) is 0 Å². The molecule has 0 nitrogen and oxygen atoms in total. The van der Waals surface area contributed by atoms with Gasteiger partial charge in [0.25, 0.3) is 0 Å². The molecule has 0 unspecified atom stereocenters. The largest absolute Gasteiger partial charge is 0.207 e. The van der Waals surface area contributed by atoms with Gasteiger partial charge in [0, 0.05) is 5.56 Å². The minimum atomic E-state index is -1.32. The predicted octanol–water partition coefficient (Wildman–Crippen LogP) is 5.46. The maximum Gasteiger partial charge on any atom is 0.130 e. The Labute approximate surface area is 132 Å². The van der Waals surface area contributed by atoms with E-state index in [2.05, 4.69) is 43.9 Å². The summed E-state index contributed by atoms with van der Waals surface area (Å²) in [5.74, 6) is -0.811. The molecule has 3 heteroatoms. The Morgan fingerprint density at radius 3 is 1.95 bits per heavy atom. The number of benzene rings is 2. The van der Waals surface area contributed by atoms with E-state index in [0.717, 1.165) is 22.8 Å². The van der Waals surface area contributed by atoms with Gasteiger partial charge in [-0.05, 0) is 48.8 Å². The summed E-state index contributed by atoms with van der Waals surface area (Å²) in [4.78, 5) is 0. The molecule has 0 aliphatic carbocycles. The summed E-state index contributed by atoms with van der Waals surface area (Å²) in [7, 11) is -1.32. The molecule has 0 radical (unpaired) electrons. The molecular formula is C19H22F2Si. The number of hydrogen-bond acceptors (Lipinski definition) is 0. The third-order valence-corrected chi connectivity index (χ3v) is 6.14. The first-order valence-electron chi connectivity index (χ1n) is 7.44. The molecule has 22 heavy (non-hydrogen) atoms. The van der Waals surface area contributed by atoms with Gasteiger partial charge in [-0.2, -0.15) is 0 Å². The molecule has 116 valence electrons. The van der Waals surface area contributed by atoms with Crippen molar-refractivity contribution in [2.75, 3.05) is 0 Å². The van der Waals surface area contributed by atoms with E-state index in [4.69, 9.17) is 0 Å². The van der Waals surface area contributed by atoms with E-state index in [1.54, 1.807) is 0 Å². The smallest absolute Gasteiger partial charge is 0.130 e. The lowest BCUT2D eigenvalue weighted by Crippen LogP contribution is -2.37. The first kappa shape index (κ1) is 16.6. The SMILES string of the molecule is CC(=C(C)c1cc(F)ccc1F)c1ccc([Si](C)(C)C)cc1. The average Bonchev–Trinajstić information content (AvgIpc) is 2.47. The lowest BCUT2D eigenvalue weighted by Gasteiger charge is -2.17. The lowest BCUT2D eigenvalue weighted by molar-refractivity contribution is 0.597. The lowest BCUT2D eigenvalue weighted by atomic mass is 9.96. The topological polar surface area (TPSA) is 0 Å². The van der Waals surface area contributed by atoms with E-state index in [9.17, 15) is 8.78 Å². The Bertz CT molecular complexity index is 707. The highest BCUT2D eigenvalue weighted by Crippen LogP contribution is 2.27. The number of rotatable bonds is 3. The molecule has 0 amide bonds. The van der Waals surface area contributed by atoms with Crippen LogP contribution in [0.4, 0.5) is 8.78 Å². The van der Waals surface area contributed by atoms with Crippen LogP contribution >= 0.6 is 0 Å². The molecule has 2 rings (SSSR count). The molecule has 0 saturated heterocycles. The highest BCUT2D eigenvalue weighted by Gasteiger charge is 2.16. The fraction of sp³-hybridized carbons (Fsp3) is 0.263. The highest BCUT2D eigenvalue weighted by atomic mass is 28.3. The molecule has 0 N–H and O–H groups in total. The maximum atomic E-state index is 13.9. The first-order valence-corrected chi connectivity index (χ1v) is 10.9. The van der Waals surface area contributed by atoms with E-state index in [1.807, 2.05) is 13.8 Å². The molecule has 0 saturated carbocycles. The van der Waals surface area contributed by atoms with E-state index in [0.29, 0.717) is 5.56 Å². The second-order valence-electron chi connectivity index (χ2n) is 6.70. The molecule has 2 aromatic rings. The second-order valence-corrected chi connectivity index (χ2v) is 11.8. The van der Waals surface area contributed by atoms with Gasteiger partial charge in [-0.25, -0.2) is 8.78 Å². The van der Waals surface area contributed by atoms with Gasteiger partial charge in [-0.3, -0.25) is 0 Å². The van der Waals surface area contributed by atoms with Crippen LogP contribution < -0.4 is 5.19 Å². The van der Waals surface area contributed by atoms with E-state index >= 15 is 0 Å². The Hall–Kier alpha value is -1.74. The molecule has 0 bridgehead atoms. The minimum Gasteiger partial charge on any atom is -0.207 e. The molecule has 0 atom stereocenters. The summed E-state index contributed by atoms with van der Waals surface area (Å²) >= 11 is 0. The monoisotopic (exact) mass is 316 g/mol. The van der Waals surface area contributed by atoms with E-state index in [-0.39, 0.29) is 0 Å². The van der Waals surface area contributed by atoms with Crippen LogP contribution in [-0.2, 0) is 0 Å². The Kier molecular flexibility index (Phi) is 4.66. The molecule has 2 aromatic carbocycles. The molecule has 0 aliphatic heterocycles. The van der Waals surface area contributed by atoms with Crippen molar-refractivity contribution in [1.82, 2.24) is 0 Å².